The molecule has 20 heavy (non-hydrogen) atoms. The molecule has 108 valence electrons. The average molecular weight is 274 g/mol. The number of hydrogen-bond acceptors (Lipinski definition) is 3. The molecule has 1 aromatic carbocycles. The Kier molecular flexibility index (Phi) is 7.38. The zero-order chi connectivity index (χ0) is 14.8. The molecule has 4 nitrogen and oxygen atoms in total. The molecule has 0 heterocycles. The summed E-state index contributed by atoms with van der Waals surface area (Å²) < 4.78 is 5.49. The van der Waals surface area contributed by atoms with E-state index in [1.165, 1.54) is 0 Å². The van der Waals surface area contributed by atoms with Crippen molar-refractivity contribution in [3.8, 4) is 6.07 Å². The van der Waals surface area contributed by atoms with Crippen LogP contribution in [0.4, 0.5) is 5.69 Å². The van der Waals surface area contributed by atoms with E-state index in [9.17, 15) is 4.79 Å². The van der Waals surface area contributed by atoms with Crippen molar-refractivity contribution in [2.24, 2.45) is 5.92 Å². The maximum Gasteiger partial charge on any atom is 0.226 e. The van der Waals surface area contributed by atoms with Crippen LogP contribution in [0.3, 0.4) is 0 Å². The average Bonchev–Trinajstić information content (AvgIpc) is 2.44. The Bertz CT molecular complexity index is 466. The van der Waals surface area contributed by atoms with Crippen LogP contribution in [0.15, 0.2) is 24.3 Å². The van der Waals surface area contributed by atoms with Crippen molar-refractivity contribution in [2.45, 2.75) is 33.1 Å². The Morgan fingerprint density at radius 1 is 1.45 bits per heavy atom. The second-order valence-electron chi connectivity index (χ2n) is 4.92. The van der Waals surface area contributed by atoms with Gasteiger partial charge in [0.15, 0.2) is 0 Å². The molecule has 1 amide bonds. The first-order valence-corrected chi connectivity index (χ1v) is 7.04. The number of amides is 1. The third-order valence-corrected chi connectivity index (χ3v) is 2.98. The Morgan fingerprint density at radius 3 is 2.90 bits per heavy atom. The van der Waals surface area contributed by atoms with E-state index in [0.29, 0.717) is 36.8 Å². The first-order chi connectivity index (χ1) is 9.67. The maximum absolute atomic E-state index is 11.8. The molecule has 0 spiro atoms. The molecule has 4 heteroatoms. The van der Waals surface area contributed by atoms with Crippen LogP contribution in [0.5, 0.6) is 0 Å². The Morgan fingerprint density at radius 2 is 2.20 bits per heavy atom. The van der Waals surface area contributed by atoms with E-state index in [0.717, 1.165) is 12.8 Å². The summed E-state index contributed by atoms with van der Waals surface area (Å²) in [6.45, 7) is 5.40. The topological polar surface area (TPSA) is 62.1 Å². The number of rotatable bonds is 8. The lowest BCUT2D eigenvalue weighted by Gasteiger charge is -2.11. The number of nitrogens with zero attached hydrogens (tertiary/aromatic N) is 1. The number of hydrogen-bond donors (Lipinski definition) is 1. The van der Waals surface area contributed by atoms with E-state index in [4.69, 9.17) is 10.00 Å². The van der Waals surface area contributed by atoms with Crippen LogP contribution in [-0.2, 0) is 9.53 Å². The molecule has 1 unspecified atom stereocenters. The van der Waals surface area contributed by atoms with Gasteiger partial charge in [-0.15, -0.1) is 0 Å². The molecule has 0 aliphatic heterocycles. The second kappa shape index (κ2) is 9.11. The van der Waals surface area contributed by atoms with Crippen LogP contribution in [0.1, 0.15) is 38.7 Å². The van der Waals surface area contributed by atoms with Gasteiger partial charge in [-0.1, -0.05) is 32.4 Å². The van der Waals surface area contributed by atoms with Gasteiger partial charge in [-0.2, -0.15) is 5.26 Å². The largest absolute Gasteiger partial charge is 0.381 e. The standard InChI is InChI=1S/C16H22N2O2/c1-3-6-13(2)12-20-10-9-16(19)18-15-8-5-4-7-14(15)11-17/h4-5,7-8,13H,3,6,9-10,12H2,1-2H3,(H,18,19). The van der Waals surface area contributed by atoms with Crippen molar-refractivity contribution in [1.29, 1.82) is 5.26 Å². The lowest BCUT2D eigenvalue weighted by atomic mass is 10.1. The predicted octanol–water partition coefficient (Wildman–Crippen LogP) is 3.34. The SMILES string of the molecule is CCCC(C)COCCC(=O)Nc1ccccc1C#N. The minimum atomic E-state index is -0.129. The normalized spacial score (nSPS) is 11.7. The molecule has 0 radical (unpaired) electrons. The highest BCUT2D eigenvalue weighted by atomic mass is 16.5. The zero-order valence-corrected chi connectivity index (χ0v) is 12.2. The molecule has 1 atom stereocenters. The summed E-state index contributed by atoms with van der Waals surface area (Å²) >= 11 is 0. The molecule has 0 fully saturated rings. The van der Waals surface area contributed by atoms with Crippen molar-refractivity contribution in [3.05, 3.63) is 29.8 Å². The number of carbonyl (C=O) groups excluding carboxylic acids is 1. The van der Waals surface area contributed by atoms with E-state index < -0.39 is 0 Å². The molecule has 0 saturated heterocycles. The van der Waals surface area contributed by atoms with Crippen LogP contribution in [0.25, 0.3) is 0 Å². The summed E-state index contributed by atoms with van der Waals surface area (Å²) in [7, 11) is 0. The zero-order valence-electron chi connectivity index (χ0n) is 12.2. The van der Waals surface area contributed by atoms with E-state index in [2.05, 4.69) is 25.2 Å². The number of ether oxygens (including phenoxy) is 1. The molecule has 1 N–H and O–H groups in total. The van der Waals surface area contributed by atoms with Crippen molar-refractivity contribution in [2.75, 3.05) is 18.5 Å². The summed E-state index contributed by atoms with van der Waals surface area (Å²) in [4.78, 5) is 11.8. The van der Waals surface area contributed by atoms with Gasteiger partial charge in [-0.3, -0.25) is 4.79 Å². The highest BCUT2D eigenvalue weighted by Gasteiger charge is 2.07. The van der Waals surface area contributed by atoms with Crippen LogP contribution < -0.4 is 5.32 Å². The molecule has 0 bridgehead atoms. The van der Waals surface area contributed by atoms with Crippen LogP contribution in [0.2, 0.25) is 0 Å². The quantitative estimate of drug-likeness (QED) is 0.739. The fraction of sp³-hybridized carbons (Fsp3) is 0.500. The number of nitrogens with one attached hydrogen (secondary N) is 1. The van der Waals surface area contributed by atoms with Gasteiger partial charge in [0.25, 0.3) is 0 Å². The van der Waals surface area contributed by atoms with Gasteiger partial charge in [-0.05, 0) is 24.5 Å². The first kappa shape index (κ1) is 16.2. The molecular formula is C16H22N2O2. The van der Waals surface area contributed by atoms with Gasteiger partial charge in [0.2, 0.25) is 5.91 Å². The fourth-order valence-corrected chi connectivity index (χ4v) is 1.93. The third-order valence-electron chi connectivity index (χ3n) is 2.98. The third kappa shape index (κ3) is 5.85. The van der Waals surface area contributed by atoms with E-state index in [-0.39, 0.29) is 5.91 Å². The molecule has 1 rings (SSSR count). The van der Waals surface area contributed by atoms with E-state index in [1.54, 1.807) is 24.3 Å². The minimum Gasteiger partial charge on any atom is -0.381 e. The lowest BCUT2D eigenvalue weighted by Crippen LogP contribution is -2.16. The molecule has 0 aromatic heterocycles. The summed E-state index contributed by atoms with van der Waals surface area (Å²) in [5, 5.41) is 11.7. The number of nitriles is 1. The van der Waals surface area contributed by atoms with Crippen molar-refractivity contribution in [1.82, 2.24) is 0 Å². The van der Waals surface area contributed by atoms with Crippen LogP contribution in [-0.4, -0.2) is 19.1 Å². The number of carbonyl (C=O) groups is 1. The Hall–Kier alpha value is -1.86. The van der Waals surface area contributed by atoms with Gasteiger partial charge in [-0.25, -0.2) is 0 Å². The summed E-state index contributed by atoms with van der Waals surface area (Å²) in [5.41, 5.74) is 1.03. The molecule has 0 aliphatic carbocycles. The van der Waals surface area contributed by atoms with Crippen molar-refractivity contribution >= 4 is 11.6 Å². The van der Waals surface area contributed by atoms with Crippen molar-refractivity contribution in [3.63, 3.8) is 0 Å². The molecule has 0 aliphatic rings. The summed E-state index contributed by atoms with van der Waals surface area (Å²) in [6.07, 6.45) is 2.59. The predicted molar refractivity (Wildman–Crippen MR) is 79.3 cm³/mol. The first-order valence-electron chi connectivity index (χ1n) is 7.04. The van der Waals surface area contributed by atoms with Gasteiger partial charge in [0.1, 0.15) is 6.07 Å². The maximum atomic E-state index is 11.8. The summed E-state index contributed by atoms with van der Waals surface area (Å²) in [5.74, 6) is 0.401. The van der Waals surface area contributed by atoms with E-state index >= 15 is 0 Å². The molecule has 0 saturated carbocycles. The highest BCUT2D eigenvalue weighted by Crippen LogP contribution is 2.13. The van der Waals surface area contributed by atoms with Crippen LogP contribution >= 0.6 is 0 Å². The van der Waals surface area contributed by atoms with Crippen molar-refractivity contribution < 1.29 is 9.53 Å². The monoisotopic (exact) mass is 274 g/mol. The second-order valence-corrected chi connectivity index (χ2v) is 4.92. The molecule has 1 aromatic rings. The van der Waals surface area contributed by atoms with Gasteiger partial charge >= 0.3 is 0 Å². The summed E-state index contributed by atoms with van der Waals surface area (Å²) in [6, 6.07) is 9.01. The fourth-order valence-electron chi connectivity index (χ4n) is 1.93. The Labute approximate surface area is 120 Å². The highest BCUT2D eigenvalue weighted by molar-refractivity contribution is 5.92. The minimum absolute atomic E-state index is 0.129. The smallest absolute Gasteiger partial charge is 0.226 e. The number of para-hydroxylation sites is 1. The molecular weight excluding hydrogens is 252 g/mol. The van der Waals surface area contributed by atoms with E-state index in [1.807, 2.05) is 0 Å². The number of anilines is 1. The van der Waals surface area contributed by atoms with Gasteiger partial charge < -0.3 is 10.1 Å². The van der Waals surface area contributed by atoms with Gasteiger partial charge in [0, 0.05) is 6.61 Å². The Balaban J connectivity index is 2.29. The van der Waals surface area contributed by atoms with Gasteiger partial charge in [0.05, 0.1) is 24.3 Å². The number of benzene rings is 1. The lowest BCUT2D eigenvalue weighted by molar-refractivity contribution is -0.117. The van der Waals surface area contributed by atoms with Crippen LogP contribution in [0, 0.1) is 17.2 Å².